The Hall–Kier alpha value is -0.800. The molecule has 0 aromatic heterocycles. The molecular weight excluding hydrogens is 362 g/mol. The molecule has 1 aliphatic rings. The molecule has 1 aromatic rings. The maximum atomic E-state index is 11.0. The summed E-state index contributed by atoms with van der Waals surface area (Å²) in [5.41, 5.74) is 0. The summed E-state index contributed by atoms with van der Waals surface area (Å²) in [5.74, 6) is -1.56. The van der Waals surface area contributed by atoms with E-state index in [-0.39, 0.29) is 20.8 Å². The Morgan fingerprint density at radius 3 is 2.18 bits per heavy atom. The van der Waals surface area contributed by atoms with Crippen molar-refractivity contribution in [3.05, 3.63) is 27.2 Å². The van der Waals surface area contributed by atoms with Crippen molar-refractivity contribution in [2.75, 3.05) is 0 Å². The molecule has 122 valence electrons. The van der Waals surface area contributed by atoms with Crippen LogP contribution < -0.4 is 4.74 Å². The Morgan fingerprint density at radius 2 is 1.59 bits per heavy atom. The molecule has 0 aliphatic carbocycles. The quantitative estimate of drug-likeness (QED) is 0.582. The highest BCUT2D eigenvalue weighted by molar-refractivity contribution is 6.43. The molecule has 7 nitrogen and oxygen atoms in total. The minimum Gasteiger partial charge on any atom is -0.479 e. The van der Waals surface area contributed by atoms with Crippen molar-refractivity contribution < 1.29 is 34.7 Å². The molecule has 5 atom stereocenters. The molecule has 1 saturated heterocycles. The van der Waals surface area contributed by atoms with Crippen LogP contribution in [-0.2, 0) is 9.53 Å². The number of carboxylic acid groups (broad SMARTS) is 1. The normalized spacial score (nSPS) is 31.8. The first kappa shape index (κ1) is 17.6. The SMILES string of the molecule is O=C(O)[C@H]1O[C@@H](Oc2cc(Cl)c(Cl)cc2Cl)[C@H](O)[C@@H](O)[C@@H]1O. The number of carbonyl (C=O) groups is 1. The lowest BCUT2D eigenvalue weighted by Crippen LogP contribution is -2.61. The van der Waals surface area contributed by atoms with Gasteiger partial charge >= 0.3 is 5.97 Å². The first-order chi connectivity index (χ1) is 10.2. The van der Waals surface area contributed by atoms with Gasteiger partial charge in [0.25, 0.3) is 0 Å². The third-order valence-corrected chi connectivity index (χ3v) is 4.05. The minimum atomic E-state index is -1.81. The average Bonchev–Trinajstić information content (AvgIpc) is 2.44. The molecule has 0 saturated carbocycles. The van der Waals surface area contributed by atoms with E-state index in [1.165, 1.54) is 12.1 Å². The number of aliphatic carboxylic acids is 1. The van der Waals surface area contributed by atoms with Crippen LogP contribution in [0.3, 0.4) is 0 Å². The second-order valence-electron chi connectivity index (χ2n) is 4.55. The number of carboxylic acids is 1. The maximum Gasteiger partial charge on any atom is 0.335 e. The molecule has 1 aliphatic heterocycles. The highest BCUT2D eigenvalue weighted by Gasteiger charge is 2.48. The zero-order valence-electron chi connectivity index (χ0n) is 10.7. The fraction of sp³-hybridized carbons (Fsp3) is 0.417. The molecule has 0 unspecified atom stereocenters. The number of rotatable bonds is 3. The summed E-state index contributed by atoms with van der Waals surface area (Å²) >= 11 is 17.5. The predicted octanol–water partition coefficient (Wildman–Crippen LogP) is 0.918. The van der Waals surface area contributed by atoms with Crippen LogP contribution in [0.4, 0.5) is 0 Å². The van der Waals surface area contributed by atoms with Crippen molar-refractivity contribution in [2.24, 2.45) is 0 Å². The van der Waals surface area contributed by atoms with Crippen LogP contribution in [-0.4, -0.2) is 57.1 Å². The van der Waals surface area contributed by atoms with E-state index in [4.69, 9.17) is 49.4 Å². The first-order valence-corrected chi connectivity index (χ1v) is 7.09. The van der Waals surface area contributed by atoms with Crippen molar-refractivity contribution in [3.8, 4) is 5.75 Å². The van der Waals surface area contributed by atoms with E-state index in [1.54, 1.807) is 0 Å². The van der Waals surface area contributed by atoms with Gasteiger partial charge in [0, 0.05) is 6.07 Å². The molecule has 1 fully saturated rings. The van der Waals surface area contributed by atoms with E-state index >= 15 is 0 Å². The Labute approximate surface area is 139 Å². The lowest BCUT2D eigenvalue weighted by atomic mass is 9.99. The van der Waals surface area contributed by atoms with Crippen molar-refractivity contribution in [1.29, 1.82) is 0 Å². The third-order valence-electron chi connectivity index (χ3n) is 3.03. The first-order valence-electron chi connectivity index (χ1n) is 5.96. The summed E-state index contributed by atoms with van der Waals surface area (Å²) < 4.78 is 10.2. The largest absolute Gasteiger partial charge is 0.479 e. The Balaban J connectivity index is 2.24. The van der Waals surface area contributed by atoms with Crippen molar-refractivity contribution >= 4 is 40.8 Å². The zero-order chi connectivity index (χ0) is 16.6. The van der Waals surface area contributed by atoms with Crippen LogP contribution >= 0.6 is 34.8 Å². The Kier molecular flexibility index (Phi) is 5.39. The van der Waals surface area contributed by atoms with E-state index in [0.29, 0.717) is 0 Å². The van der Waals surface area contributed by atoms with Gasteiger partial charge in [-0.2, -0.15) is 0 Å². The van der Waals surface area contributed by atoms with Crippen molar-refractivity contribution in [3.63, 3.8) is 0 Å². The Morgan fingerprint density at radius 1 is 1.00 bits per heavy atom. The van der Waals surface area contributed by atoms with Gasteiger partial charge in [-0.1, -0.05) is 34.8 Å². The Bertz CT molecular complexity index is 582. The lowest BCUT2D eigenvalue weighted by Gasteiger charge is -2.38. The van der Waals surface area contributed by atoms with Gasteiger partial charge in [-0.05, 0) is 6.07 Å². The van der Waals surface area contributed by atoms with Crippen LogP contribution in [0.1, 0.15) is 0 Å². The zero-order valence-corrected chi connectivity index (χ0v) is 13.0. The molecule has 0 amide bonds. The van der Waals surface area contributed by atoms with Gasteiger partial charge in [0.2, 0.25) is 6.29 Å². The number of benzene rings is 1. The number of aliphatic hydroxyl groups excluding tert-OH is 3. The topological polar surface area (TPSA) is 116 Å². The summed E-state index contributed by atoms with van der Waals surface area (Å²) in [6, 6.07) is 2.53. The minimum absolute atomic E-state index is 0.0344. The van der Waals surface area contributed by atoms with Crippen LogP contribution in [0, 0.1) is 0 Å². The molecule has 0 spiro atoms. The lowest BCUT2D eigenvalue weighted by molar-refractivity contribution is -0.271. The summed E-state index contributed by atoms with van der Waals surface area (Å²) in [4.78, 5) is 11.0. The van der Waals surface area contributed by atoms with E-state index in [9.17, 15) is 20.1 Å². The van der Waals surface area contributed by atoms with E-state index in [2.05, 4.69) is 0 Å². The smallest absolute Gasteiger partial charge is 0.335 e. The molecule has 10 heteroatoms. The number of hydrogen-bond donors (Lipinski definition) is 4. The third kappa shape index (κ3) is 3.41. The number of aliphatic hydroxyl groups is 3. The fourth-order valence-electron chi connectivity index (χ4n) is 1.87. The van der Waals surface area contributed by atoms with Gasteiger partial charge in [-0.15, -0.1) is 0 Å². The van der Waals surface area contributed by atoms with Crippen LogP contribution in [0.15, 0.2) is 12.1 Å². The second kappa shape index (κ2) is 6.76. The van der Waals surface area contributed by atoms with Crippen LogP contribution in [0.5, 0.6) is 5.75 Å². The molecular formula is C12H11Cl3O7. The predicted molar refractivity (Wildman–Crippen MR) is 76.4 cm³/mol. The van der Waals surface area contributed by atoms with E-state index in [0.717, 1.165) is 0 Å². The van der Waals surface area contributed by atoms with Gasteiger partial charge in [0.15, 0.2) is 6.10 Å². The van der Waals surface area contributed by atoms with Gasteiger partial charge in [0.1, 0.15) is 24.1 Å². The number of halogens is 3. The summed E-state index contributed by atoms with van der Waals surface area (Å²) in [5, 5.41) is 38.3. The van der Waals surface area contributed by atoms with Crippen LogP contribution in [0.2, 0.25) is 15.1 Å². The molecule has 2 rings (SSSR count). The highest BCUT2D eigenvalue weighted by Crippen LogP contribution is 2.35. The highest BCUT2D eigenvalue weighted by atomic mass is 35.5. The molecule has 22 heavy (non-hydrogen) atoms. The second-order valence-corrected chi connectivity index (χ2v) is 5.77. The van der Waals surface area contributed by atoms with Gasteiger partial charge < -0.3 is 29.9 Å². The van der Waals surface area contributed by atoms with Crippen molar-refractivity contribution in [2.45, 2.75) is 30.7 Å². The molecule has 1 aromatic carbocycles. The number of ether oxygens (including phenoxy) is 2. The monoisotopic (exact) mass is 372 g/mol. The standard InChI is InChI=1S/C12H11Cl3O7/c13-3-1-5(15)6(2-4(3)14)21-12-9(18)7(16)8(17)10(22-12)11(19)20/h1-2,7-10,12,16-18H,(H,19,20)/t7-,8-,9+,10-,12+/m0/s1. The van der Waals surface area contributed by atoms with Crippen LogP contribution in [0.25, 0.3) is 0 Å². The van der Waals surface area contributed by atoms with E-state index in [1.807, 2.05) is 0 Å². The van der Waals surface area contributed by atoms with Gasteiger partial charge in [-0.25, -0.2) is 4.79 Å². The molecule has 0 radical (unpaired) electrons. The molecule has 0 bridgehead atoms. The summed E-state index contributed by atoms with van der Waals surface area (Å²) in [6.07, 6.45) is -8.63. The average molecular weight is 374 g/mol. The maximum absolute atomic E-state index is 11.0. The fourth-order valence-corrected chi connectivity index (χ4v) is 2.45. The molecule has 4 N–H and O–H groups in total. The number of hydrogen-bond acceptors (Lipinski definition) is 6. The van der Waals surface area contributed by atoms with Gasteiger partial charge in [0.05, 0.1) is 15.1 Å². The molecule has 1 heterocycles. The van der Waals surface area contributed by atoms with Gasteiger partial charge in [-0.3, -0.25) is 0 Å². The summed E-state index contributed by atoms with van der Waals surface area (Å²) in [7, 11) is 0. The summed E-state index contributed by atoms with van der Waals surface area (Å²) in [6.45, 7) is 0. The van der Waals surface area contributed by atoms with Crippen molar-refractivity contribution in [1.82, 2.24) is 0 Å². The van der Waals surface area contributed by atoms with E-state index < -0.39 is 36.7 Å².